The number of aliphatic hydroxyl groups is 1. The Kier molecular flexibility index (Phi) is 3.49. The van der Waals surface area contributed by atoms with E-state index in [0.717, 1.165) is 23.6 Å². The summed E-state index contributed by atoms with van der Waals surface area (Å²) in [6.45, 7) is 0. The zero-order valence-electron chi connectivity index (χ0n) is 10.2. The predicted octanol–water partition coefficient (Wildman–Crippen LogP) is 2.98. The normalized spacial score (nSPS) is 17.2. The average Bonchev–Trinajstić information content (AvgIpc) is 3.10. The van der Waals surface area contributed by atoms with E-state index >= 15 is 0 Å². The fraction of sp³-hybridized carbons (Fsp3) is 0.571. The molecule has 16 heavy (non-hydrogen) atoms. The molecule has 0 aliphatic heterocycles. The molecule has 0 saturated heterocycles. The van der Waals surface area contributed by atoms with Gasteiger partial charge >= 0.3 is 0 Å². The molecule has 1 atom stereocenters. The zero-order chi connectivity index (χ0) is 11.5. The van der Waals surface area contributed by atoms with Gasteiger partial charge in [0.15, 0.2) is 0 Å². The van der Waals surface area contributed by atoms with Crippen LogP contribution in [0.1, 0.15) is 37.4 Å². The first-order valence-electron chi connectivity index (χ1n) is 6.12. The summed E-state index contributed by atoms with van der Waals surface area (Å²) in [6, 6.07) is 8.18. The van der Waals surface area contributed by atoms with Crippen molar-refractivity contribution >= 4 is 5.69 Å². The molecule has 1 aliphatic rings. The Labute approximate surface area is 97.9 Å². The van der Waals surface area contributed by atoms with Crippen LogP contribution in [0.4, 0.5) is 5.69 Å². The minimum Gasteiger partial charge on any atom is -0.388 e. The fourth-order valence-corrected chi connectivity index (χ4v) is 1.98. The second-order valence-corrected chi connectivity index (χ2v) is 5.03. The third-order valence-corrected chi connectivity index (χ3v) is 3.32. The first kappa shape index (κ1) is 11.5. The van der Waals surface area contributed by atoms with Crippen LogP contribution in [-0.2, 0) is 0 Å². The van der Waals surface area contributed by atoms with Gasteiger partial charge in [0.2, 0.25) is 0 Å². The second kappa shape index (κ2) is 4.88. The van der Waals surface area contributed by atoms with Gasteiger partial charge in [0.25, 0.3) is 0 Å². The first-order chi connectivity index (χ1) is 7.66. The lowest BCUT2D eigenvalue weighted by atomic mass is 10.0. The molecular formula is C14H21NO. The van der Waals surface area contributed by atoms with Crippen LogP contribution in [-0.4, -0.2) is 19.2 Å². The van der Waals surface area contributed by atoms with E-state index in [-0.39, 0.29) is 6.10 Å². The van der Waals surface area contributed by atoms with Gasteiger partial charge in [-0.3, -0.25) is 0 Å². The Balaban J connectivity index is 1.97. The quantitative estimate of drug-likeness (QED) is 0.823. The van der Waals surface area contributed by atoms with Crippen molar-refractivity contribution < 1.29 is 5.11 Å². The number of anilines is 1. The summed E-state index contributed by atoms with van der Waals surface area (Å²) in [5.74, 6) is 0.895. The molecule has 2 heteroatoms. The average molecular weight is 219 g/mol. The lowest BCUT2D eigenvalue weighted by molar-refractivity contribution is 0.162. The molecule has 1 unspecified atom stereocenters. The van der Waals surface area contributed by atoms with Gasteiger partial charge in [-0.05, 0) is 36.5 Å². The molecule has 1 aromatic carbocycles. The minimum atomic E-state index is -0.291. The Morgan fingerprint density at radius 2 is 2.12 bits per heavy atom. The van der Waals surface area contributed by atoms with Gasteiger partial charge in [0.1, 0.15) is 0 Å². The molecular weight excluding hydrogens is 198 g/mol. The van der Waals surface area contributed by atoms with Crippen molar-refractivity contribution in [3.05, 3.63) is 29.8 Å². The molecule has 1 aromatic rings. The highest BCUT2D eigenvalue weighted by Crippen LogP contribution is 2.36. The van der Waals surface area contributed by atoms with E-state index in [1.54, 1.807) is 0 Å². The summed E-state index contributed by atoms with van der Waals surface area (Å²) in [7, 11) is 4.05. The van der Waals surface area contributed by atoms with Crippen LogP contribution in [0.5, 0.6) is 0 Å². The van der Waals surface area contributed by atoms with Crippen molar-refractivity contribution in [2.45, 2.75) is 31.8 Å². The number of hydrogen-bond acceptors (Lipinski definition) is 2. The topological polar surface area (TPSA) is 23.5 Å². The number of rotatable bonds is 5. The van der Waals surface area contributed by atoms with Crippen molar-refractivity contribution in [2.75, 3.05) is 19.0 Å². The first-order valence-corrected chi connectivity index (χ1v) is 6.12. The van der Waals surface area contributed by atoms with Gasteiger partial charge in [-0.25, -0.2) is 0 Å². The summed E-state index contributed by atoms with van der Waals surface area (Å²) < 4.78 is 0. The third kappa shape index (κ3) is 2.99. The highest BCUT2D eigenvalue weighted by atomic mass is 16.3. The molecule has 0 aromatic heterocycles. The molecule has 1 aliphatic carbocycles. The highest BCUT2D eigenvalue weighted by molar-refractivity contribution is 5.47. The maximum Gasteiger partial charge on any atom is 0.0790 e. The summed E-state index contributed by atoms with van der Waals surface area (Å²) in [5.41, 5.74) is 2.20. The molecule has 0 bridgehead atoms. The van der Waals surface area contributed by atoms with E-state index < -0.39 is 0 Å². The molecule has 0 spiro atoms. The molecule has 1 saturated carbocycles. The smallest absolute Gasteiger partial charge is 0.0790 e. The van der Waals surface area contributed by atoms with Crippen LogP contribution in [0.3, 0.4) is 0 Å². The van der Waals surface area contributed by atoms with Crippen molar-refractivity contribution in [1.82, 2.24) is 0 Å². The Morgan fingerprint density at radius 1 is 1.38 bits per heavy atom. The minimum absolute atomic E-state index is 0.291. The van der Waals surface area contributed by atoms with Gasteiger partial charge < -0.3 is 10.0 Å². The van der Waals surface area contributed by atoms with E-state index in [0.29, 0.717) is 0 Å². The maximum atomic E-state index is 10.1. The lowest BCUT2D eigenvalue weighted by Crippen LogP contribution is -2.09. The Bertz CT molecular complexity index is 344. The second-order valence-electron chi connectivity index (χ2n) is 5.03. The SMILES string of the molecule is CN(C)c1cccc(C(O)CCC2CC2)c1. The molecule has 2 rings (SSSR count). The van der Waals surface area contributed by atoms with E-state index in [4.69, 9.17) is 0 Å². The molecule has 1 N–H and O–H groups in total. The van der Waals surface area contributed by atoms with Gasteiger partial charge in [0.05, 0.1) is 6.10 Å². The standard InChI is InChI=1S/C14H21NO/c1-15(2)13-5-3-4-12(10-13)14(16)9-8-11-6-7-11/h3-5,10-11,14,16H,6-9H2,1-2H3. The zero-order valence-corrected chi connectivity index (χ0v) is 10.2. The van der Waals surface area contributed by atoms with Crippen molar-refractivity contribution in [1.29, 1.82) is 0 Å². The van der Waals surface area contributed by atoms with Crippen LogP contribution in [0, 0.1) is 5.92 Å². The number of benzene rings is 1. The van der Waals surface area contributed by atoms with Gasteiger partial charge in [-0.15, -0.1) is 0 Å². The lowest BCUT2D eigenvalue weighted by Gasteiger charge is -2.16. The molecule has 88 valence electrons. The van der Waals surface area contributed by atoms with Crippen molar-refractivity contribution in [3.8, 4) is 0 Å². The molecule has 0 heterocycles. The van der Waals surface area contributed by atoms with E-state index in [2.05, 4.69) is 17.0 Å². The number of nitrogens with zero attached hydrogens (tertiary/aromatic N) is 1. The highest BCUT2D eigenvalue weighted by Gasteiger charge is 2.22. The van der Waals surface area contributed by atoms with Gasteiger partial charge in [0, 0.05) is 19.8 Å². The molecule has 1 fully saturated rings. The Morgan fingerprint density at radius 3 is 2.75 bits per heavy atom. The van der Waals surface area contributed by atoms with Crippen LogP contribution in [0.2, 0.25) is 0 Å². The molecule has 2 nitrogen and oxygen atoms in total. The molecule has 0 radical (unpaired) electrons. The van der Waals surface area contributed by atoms with Crippen LogP contribution >= 0.6 is 0 Å². The van der Waals surface area contributed by atoms with Crippen molar-refractivity contribution in [2.24, 2.45) is 5.92 Å². The van der Waals surface area contributed by atoms with E-state index in [9.17, 15) is 5.11 Å². The fourth-order valence-electron chi connectivity index (χ4n) is 1.98. The van der Waals surface area contributed by atoms with Crippen molar-refractivity contribution in [3.63, 3.8) is 0 Å². The summed E-state index contributed by atoms with van der Waals surface area (Å²) >= 11 is 0. The van der Waals surface area contributed by atoms with Gasteiger partial charge in [-0.2, -0.15) is 0 Å². The van der Waals surface area contributed by atoms with Crippen LogP contribution in [0.25, 0.3) is 0 Å². The van der Waals surface area contributed by atoms with E-state index in [1.165, 1.54) is 19.3 Å². The molecule has 0 amide bonds. The number of hydrogen-bond donors (Lipinski definition) is 1. The summed E-state index contributed by atoms with van der Waals surface area (Å²) in [4.78, 5) is 2.07. The van der Waals surface area contributed by atoms with Gasteiger partial charge in [-0.1, -0.05) is 25.0 Å². The maximum absolute atomic E-state index is 10.1. The Hall–Kier alpha value is -1.02. The van der Waals surface area contributed by atoms with E-state index in [1.807, 2.05) is 26.2 Å². The van der Waals surface area contributed by atoms with Crippen LogP contribution < -0.4 is 4.90 Å². The summed E-state index contributed by atoms with van der Waals surface area (Å²) in [5, 5.41) is 10.1. The summed E-state index contributed by atoms with van der Waals surface area (Å²) in [6.07, 6.45) is 4.52. The number of aliphatic hydroxyl groups excluding tert-OH is 1. The predicted molar refractivity (Wildman–Crippen MR) is 67.7 cm³/mol. The monoisotopic (exact) mass is 219 g/mol. The van der Waals surface area contributed by atoms with Crippen LogP contribution in [0.15, 0.2) is 24.3 Å². The third-order valence-electron chi connectivity index (χ3n) is 3.32. The largest absolute Gasteiger partial charge is 0.388 e.